The minimum absolute atomic E-state index is 0.0615. The van der Waals surface area contributed by atoms with Crippen LogP contribution in [0.15, 0.2) is 40.4 Å². The van der Waals surface area contributed by atoms with Gasteiger partial charge < -0.3 is 20.1 Å². The smallest absolute Gasteiger partial charge is 0.331 e. The van der Waals surface area contributed by atoms with Crippen molar-refractivity contribution in [3.63, 3.8) is 0 Å². The van der Waals surface area contributed by atoms with Crippen LogP contribution in [0.1, 0.15) is 32.3 Å². The second kappa shape index (κ2) is 11.8. The van der Waals surface area contributed by atoms with Crippen LogP contribution < -0.4 is 5.84 Å². The summed E-state index contributed by atoms with van der Waals surface area (Å²) in [5.41, 5.74) is 0.907. The SMILES string of the molecule is CC(C)[C@H](N=CC(=NN)OCCCC=O)C(=O)OCc1ccccc1. The average molecular weight is 347 g/mol. The van der Waals surface area contributed by atoms with Crippen molar-refractivity contribution < 1.29 is 19.1 Å². The molecule has 1 aromatic rings. The number of carbonyl (C=O) groups is 2. The molecule has 0 radical (unpaired) electrons. The molecular formula is C18H25N3O4. The Kier molecular flexibility index (Phi) is 9.58. The molecule has 1 aromatic carbocycles. The molecule has 0 aromatic heterocycles. The largest absolute Gasteiger partial charge is 0.476 e. The third-order valence-corrected chi connectivity index (χ3v) is 3.29. The van der Waals surface area contributed by atoms with Crippen LogP contribution in [0.4, 0.5) is 0 Å². The predicted octanol–water partition coefficient (Wildman–Crippen LogP) is 2.09. The molecule has 136 valence electrons. The summed E-state index contributed by atoms with van der Waals surface area (Å²) in [4.78, 5) is 26.7. The van der Waals surface area contributed by atoms with E-state index in [4.69, 9.17) is 15.3 Å². The summed E-state index contributed by atoms with van der Waals surface area (Å²) in [6, 6.07) is 8.75. The second-order valence-corrected chi connectivity index (χ2v) is 5.69. The van der Waals surface area contributed by atoms with E-state index in [1.54, 1.807) is 0 Å². The van der Waals surface area contributed by atoms with E-state index in [0.717, 1.165) is 11.8 Å². The third kappa shape index (κ3) is 8.10. The van der Waals surface area contributed by atoms with E-state index < -0.39 is 12.0 Å². The summed E-state index contributed by atoms with van der Waals surface area (Å²) in [7, 11) is 0. The highest BCUT2D eigenvalue weighted by Crippen LogP contribution is 2.10. The van der Waals surface area contributed by atoms with Gasteiger partial charge in [-0.25, -0.2) is 4.79 Å². The molecule has 0 fully saturated rings. The first-order valence-corrected chi connectivity index (χ1v) is 8.16. The molecule has 2 N–H and O–H groups in total. The number of nitrogens with two attached hydrogens (primary N) is 1. The summed E-state index contributed by atoms with van der Waals surface area (Å²) in [6.07, 6.45) is 3.09. The number of hydrogen-bond donors (Lipinski definition) is 1. The fraction of sp³-hybridized carbons (Fsp3) is 0.444. The fourth-order valence-corrected chi connectivity index (χ4v) is 1.91. The van der Waals surface area contributed by atoms with E-state index in [-0.39, 0.29) is 18.4 Å². The molecule has 0 heterocycles. The number of hydrazone groups is 1. The number of unbranched alkanes of at least 4 members (excludes halogenated alkanes) is 1. The normalized spacial score (nSPS) is 13.0. The summed E-state index contributed by atoms with van der Waals surface area (Å²) < 4.78 is 10.6. The lowest BCUT2D eigenvalue weighted by atomic mass is 10.1. The van der Waals surface area contributed by atoms with Gasteiger partial charge in [-0.2, -0.15) is 0 Å². The summed E-state index contributed by atoms with van der Waals surface area (Å²) in [5.74, 6) is 4.87. The van der Waals surface area contributed by atoms with E-state index in [1.165, 1.54) is 6.21 Å². The molecule has 0 spiro atoms. The molecule has 0 aliphatic rings. The maximum absolute atomic E-state index is 12.3. The van der Waals surface area contributed by atoms with Gasteiger partial charge in [0.25, 0.3) is 0 Å². The fourth-order valence-electron chi connectivity index (χ4n) is 1.91. The number of rotatable bonds is 10. The molecular weight excluding hydrogens is 322 g/mol. The number of esters is 1. The molecule has 0 saturated heterocycles. The summed E-state index contributed by atoms with van der Waals surface area (Å²) in [6.45, 7) is 4.23. The average Bonchev–Trinajstić information content (AvgIpc) is 2.62. The first-order chi connectivity index (χ1) is 12.1. The highest BCUT2D eigenvalue weighted by atomic mass is 16.5. The lowest BCUT2D eigenvalue weighted by Gasteiger charge is -2.15. The number of carbonyl (C=O) groups excluding carboxylic acids is 2. The molecule has 25 heavy (non-hydrogen) atoms. The van der Waals surface area contributed by atoms with Crippen LogP contribution in [-0.2, 0) is 25.7 Å². The van der Waals surface area contributed by atoms with Crippen LogP contribution in [0.25, 0.3) is 0 Å². The molecule has 7 nitrogen and oxygen atoms in total. The Balaban J connectivity index is 2.59. The van der Waals surface area contributed by atoms with Crippen LogP contribution >= 0.6 is 0 Å². The molecule has 0 aliphatic carbocycles. The van der Waals surface area contributed by atoms with Gasteiger partial charge in [-0.1, -0.05) is 44.2 Å². The van der Waals surface area contributed by atoms with E-state index >= 15 is 0 Å². The van der Waals surface area contributed by atoms with E-state index in [9.17, 15) is 9.59 Å². The molecule has 7 heteroatoms. The molecule has 0 unspecified atom stereocenters. The van der Waals surface area contributed by atoms with Crippen molar-refractivity contribution in [2.45, 2.75) is 39.3 Å². The van der Waals surface area contributed by atoms with Gasteiger partial charge in [0.2, 0.25) is 5.90 Å². The summed E-state index contributed by atoms with van der Waals surface area (Å²) in [5, 5.41) is 3.47. The quantitative estimate of drug-likeness (QED) is 0.133. The zero-order valence-electron chi connectivity index (χ0n) is 14.6. The number of ether oxygens (including phenoxy) is 2. The number of aldehydes is 1. The lowest BCUT2D eigenvalue weighted by Crippen LogP contribution is -2.28. The standard InChI is InChI=1S/C18H25N3O4/c1-14(2)17(18(23)25-13-15-8-4-3-5-9-15)20-12-16(21-19)24-11-7-6-10-22/h3-5,8-10,12,14,17H,6-7,11,13,19H2,1-2H3/t17-/m0/s1. The van der Waals surface area contributed by atoms with Crippen molar-refractivity contribution in [3.05, 3.63) is 35.9 Å². The molecule has 0 amide bonds. The zero-order valence-corrected chi connectivity index (χ0v) is 14.6. The Morgan fingerprint density at radius 1 is 1.24 bits per heavy atom. The minimum Gasteiger partial charge on any atom is -0.476 e. The van der Waals surface area contributed by atoms with Crippen molar-refractivity contribution in [1.29, 1.82) is 0 Å². The van der Waals surface area contributed by atoms with Gasteiger partial charge in [0.1, 0.15) is 18.9 Å². The Bertz CT molecular complexity index is 585. The van der Waals surface area contributed by atoms with Gasteiger partial charge in [-0.05, 0) is 17.9 Å². The number of benzene rings is 1. The Morgan fingerprint density at radius 2 is 1.96 bits per heavy atom. The van der Waals surface area contributed by atoms with E-state index in [0.29, 0.717) is 19.4 Å². The third-order valence-electron chi connectivity index (χ3n) is 3.29. The minimum atomic E-state index is -0.681. The Hall–Kier alpha value is -2.70. The summed E-state index contributed by atoms with van der Waals surface area (Å²) >= 11 is 0. The topological polar surface area (TPSA) is 103 Å². The molecule has 1 atom stereocenters. The Labute approximate surface area is 147 Å². The van der Waals surface area contributed by atoms with Crippen LogP contribution in [0.3, 0.4) is 0 Å². The monoisotopic (exact) mass is 347 g/mol. The first kappa shape index (κ1) is 20.3. The molecule has 1 rings (SSSR count). The maximum Gasteiger partial charge on any atom is 0.331 e. The van der Waals surface area contributed by atoms with Crippen molar-refractivity contribution in [2.24, 2.45) is 21.9 Å². The number of aliphatic imine (C=N–C) groups is 1. The van der Waals surface area contributed by atoms with E-state index in [1.807, 2.05) is 44.2 Å². The van der Waals surface area contributed by atoms with E-state index in [2.05, 4.69) is 10.1 Å². The van der Waals surface area contributed by atoms with Crippen LogP contribution in [0.5, 0.6) is 0 Å². The van der Waals surface area contributed by atoms with Crippen molar-refractivity contribution in [3.8, 4) is 0 Å². The van der Waals surface area contributed by atoms with Crippen molar-refractivity contribution >= 4 is 24.4 Å². The van der Waals surface area contributed by atoms with Gasteiger partial charge in [0, 0.05) is 6.42 Å². The predicted molar refractivity (Wildman–Crippen MR) is 96.2 cm³/mol. The van der Waals surface area contributed by atoms with Crippen LogP contribution in [0, 0.1) is 5.92 Å². The molecule has 0 saturated carbocycles. The van der Waals surface area contributed by atoms with Crippen molar-refractivity contribution in [2.75, 3.05) is 6.61 Å². The number of nitrogens with zero attached hydrogens (tertiary/aromatic N) is 2. The zero-order chi connectivity index (χ0) is 18.5. The second-order valence-electron chi connectivity index (χ2n) is 5.69. The maximum atomic E-state index is 12.3. The number of hydrogen-bond acceptors (Lipinski definition) is 7. The van der Waals surface area contributed by atoms with Gasteiger partial charge in [-0.3, -0.25) is 4.99 Å². The van der Waals surface area contributed by atoms with Gasteiger partial charge in [0.15, 0.2) is 0 Å². The van der Waals surface area contributed by atoms with Crippen molar-refractivity contribution in [1.82, 2.24) is 0 Å². The first-order valence-electron chi connectivity index (χ1n) is 8.16. The Morgan fingerprint density at radius 3 is 2.56 bits per heavy atom. The highest BCUT2D eigenvalue weighted by Gasteiger charge is 2.22. The molecule has 0 bridgehead atoms. The van der Waals surface area contributed by atoms with Gasteiger partial charge in [0.05, 0.1) is 12.8 Å². The highest BCUT2D eigenvalue weighted by molar-refractivity contribution is 6.26. The lowest BCUT2D eigenvalue weighted by molar-refractivity contribution is -0.147. The van der Waals surface area contributed by atoms with Crippen LogP contribution in [0.2, 0.25) is 0 Å². The molecule has 0 aliphatic heterocycles. The van der Waals surface area contributed by atoms with Gasteiger partial charge in [-0.15, -0.1) is 5.10 Å². The van der Waals surface area contributed by atoms with Gasteiger partial charge >= 0.3 is 5.97 Å². The van der Waals surface area contributed by atoms with Crippen LogP contribution in [-0.4, -0.2) is 37.0 Å².